The standard InChI is InChI=1S/C22H43N5O3/c1-7-9-10-13-22(3,4)17-24-20(23-16-19(28)26(5)6)25-18-11-14-27(15-12-18)21(29)30-8-2/h18H,7-17H2,1-6H3,(H2,23,24,25). The minimum absolute atomic E-state index is 0.0320. The molecule has 1 aliphatic rings. The Kier molecular flexibility index (Phi) is 11.6. The van der Waals surface area contributed by atoms with Gasteiger partial charge in [0.1, 0.15) is 6.54 Å². The minimum atomic E-state index is -0.242. The van der Waals surface area contributed by atoms with Gasteiger partial charge in [-0.2, -0.15) is 0 Å². The summed E-state index contributed by atoms with van der Waals surface area (Å²) in [6.07, 6.45) is 6.23. The summed E-state index contributed by atoms with van der Waals surface area (Å²) in [6, 6.07) is 0.208. The van der Waals surface area contributed by atoms with E-state index in [-0.39, 0.29) is 30.0 Å². The van der Waals surface area contributed by atoms with E-state index in [9.17, 15) is 9.59 Å². The molecule has 1 heterocycles. The number of likely N-dealkylation sites (tertiary alicyclic amines) is 1. The smallest absolute Gasteiger partial charge is 0.409 e. The number of nitrogens with zero attached hydrogens (tertiary/aromatic N) is 3. The normalized spacial score (nSPS) is 15.7. The van der Waals surface area contributed by atoms with Crippen LogP contribution in [-0.2, 0) is 9.53 Å². The van der Waals surface area contributed by atoms with E-state index >= 15 is 0 Å². The monoisotopic (exact) mass is 425 g/mol. The zero-order valence-corrected chi connectivity index (χ0v) is 19.9. The number of ether oxygens (including phenoxy) is 1. The maximum absolute atomic E-state index is 12.0. The van der Waals surface area contributed by atoms with Crippen molar-refractivity contribution in [1.29, 1.82) is 0 Å². The first-order chi connectivity index (χ1) is 14.2. The molecule has 0 bridgehead atoms. The molecular formula is C22H43N5O3. The topological polar surface area (TPSA) is 86.3 Å². The number of unbranched alkanes of at least 4 members (excludes halogenated alkanes) is 2. The molecule has 0 aromatic carbocycles. The zero-order valence-electron chi connectivity index (χ0n) is 19.9. The van der Waals surface area contributed by atoms with Crippen molar-refractivity contribution in [3.05, 3.63) is 0 Å². The van der Waals surface area contributed by atoms with Gasteiger partial charge in [0, 0.05) is 39.8 Å². The second-order valence-electron chi connectivity index (χ2n) is 9.03. The third-order valence-electron chi connectivity index (χ3n) is 5.42. The Hall–Kier alpha value is -1.99. The highest BCUT2D eigenvalue weighted by molar-refractivity contribution is 5.85. The van der Waals surface area contributed by atoms with Crippen molar-refractivity contribution < 1.29 is 14.3 Å². The van der Waals surface area contributed by atoms with Crippen LogP contribution >= 0.6 is 0 Å². The van der Waals surface area contributed by atoms with Gasteiger partial charge in [0.25, 0.3) is 0 Å². The fourth-order valence-corrected chi connectivity index (χ4v) is 3.32. The summed E-state index contributed by atoms with van der Waals surface area (Å²) in [5, 5.41) is 6.92. The first-order valence-electron chi connectivity index (χ1n) is 11.3. The molecule has 1 fully saturated rings. The maximum atomic E-state index is 12.0. The first-order valence-corrected chi connectivity index (χ1v) is 11.3. The number of amides is 2. The van der Waals surface area contributed by atoms with E-state index in [0.29, 0.717) is 25.7 Å². The molecule has 0 spiro atoms. The van der Waals surface area contributed by atoms with Crippen molar-refractivity contribution >= 4 is 18.0 Å². The second-order valence-corrected chi connectivity index (χ2v) is 9.03. The summed E-state index contributed by atoms with van der Waals surface area (Å²) in [6.45, 7) is 11.2. The van der Waals surface area contributed by atoms with Crippen LogP contribution in [0.1, 0.15) is 66.2 Å². The van der Waals surface area contributed by atoms with Gasteiger partial charge < -0.3 is 25.2 Å². The predicted octanol–water partition coefficient (Wildman–Crippen LogP) is 2.84. The average molecular weight is 426 g/mol. The molecule has 0 aromatic rings. The van der Waals surface area contributed by atoms with Crippen LogP contribution in [0, 0.1) is 5.41 Å². The van der Waals surface area contributed by atoms with Crippen LogP contribution in [0.3, 0.4) is 0 Å². The molecule has 1 saturated heterocycles. The van der Waals surface area contributed by atoms with Gasteiger partial charge in [-0.25, -0.2) is 9.79 Å². The van der Waals surface area contributed by atoms with Crippen LogP contribution in [0.4, 0.5) is 4.79 Å². The van der Waals surface area contributed by atoms with E-state index in [1.54, 1.807) is 23.9 Å². The number of rotatable bonds is 10. The molecule has 2 amide bonds. The van der Waals surface area contributed by atoms with Gasteiger partial charge in [0.15, 0.2) is 5.96 Å². The molecule has 0 radical (unpaired) electrons. The van der Waals surface area contributed by atoms with Crippen LogP contribution in [0.25, 0.3) is 0 Å². The molecule has 2 N–H and O–H groups in total. The number of likely N-dealkylation sites (N-methyl/N-ethyl adjacent to an activating group) is 1. The van der Waals surface area contributed by atoms with Crippen LogP contribution in [0.2, 0.25) is 0 Å². The van der Waals surface area contributed by atoms with E-state index in [2.05, 4.69) is 36.4 Å². The molecule has 30 heavy (non-hydrogen) atoms. The quantitative estimate of drug-likeness (QED) is 0.319. The maximum Gasteiger partial charge on any atom is 0.409 e. The zero-order chi connectivity index (χ0) is 22.6. The third kappa shape index (κ3) is 10.2. The van der Waals surface area contributed by atoms with Crippen molar-refractivity contribution in [2.24, 2.45) is 10.4 Å². The Bertz CT molecular complexity index is 555. The lowest BCUT2D eigenvalue weighted by atomic mass is 9.87. The number of piperidine rings is 1. The molecule has 0 aromatic heterocycles. The van der Waals surface area contributed by atoms with E-state index in [1.165, 1.54) is 19.3 Å². The number of guanidine groups is 1. The fraction of sp³-hybridized carbons (Fsp3) is 0.864. The van der Waals surface area contributed by atoms with E-state index in [0.717, 1.165) is 25.8 Å². The van der Waals surface area contributed by atoms with E-state index < -0.39 is 0 Å². The highest BCUT2D eigenvalue weighted by atomic mass is 16.6. The molecule has 0 aliphatic carbocycles. The lowest BCUT2D eigenvalue weighted by Crippen LogP contribution is -2.51. The van der Waals surface area contributed by atoms with Crippen LogP contribution < -0.4 is 10.6 Å². The highest BCUT2D eigenvalue weighted by Gasteiger charge is 2.25. The molecule has 1 aliphatic heterocycles. The fourth-order valence-electron chi connectivity index (χ4n) is 3.32. The Balaban J connectivity index is 2.65. The lowest BCUT2D eigenvalue weighted by molar-refractivity contribution is -0.127. The molecule has 0 saturated carbocycles. The Labute approximate surface area is 182 Å². The largest absolute Gasteiger partial charge is 0.450 e. The molecule has 8 nitrogen and oxygen atoms in total. The predicted molar refractivity (Wildman–Crippen MR) is 122 cm³/mol. The SMILES string of the molecule is CCCCCC(C)(C)CNC(=NCC(=O)N(C)C)NC1CCN(C(=O)OCC)CC1. The minimum Gasteiger partial charge on any atom is -0.450 e. The van der Waals surface area contributed by atoms with Crippen molar-refractivity contribution in [3.63, 3.8) is 0 Å². The number of hydrogen-bond donors (Lipinski definition) is 2. The summed E-state index contributed by atoms with van der Waals surface area (Å²) in [5.74, 6) is 0.638. The van der Waals surface area contributed by atoms with Crippen LogP contribution in [0.5, 0.6) is 0 Å². The van der Waals surface area contributed by atoms with Crippen LogP contribution in [-0.4, -0.2) is 80.7 Å². The summed E-state index contributed by atoms with van der Waals surface area (Å²) in [7, 11) is 3.47. The van der Waals surface area contributed by atoms with Gasteiger partial charge in [-0.15, -0.1) is 0 Å². The first kappa shape index (κ1) is 26.0. The number of aliphatic imine (C=N–C) groups is 1. The number of hydrogen-bond acceptors (Lipinski definition) is 4. The molecule has 0 atom stereocenters. The number of carbonyl (C=O) groups excluding carboxylic acids is 2. The van der Waals surface area contributed by atoms with Gasteiger partial charge in [-0.3, -0.25) is 4.79 Å². The Morgan fingerprint density at radius 3 is 2.40 bits per heavy atom. The summed E-state index contributed by atoms with van der Waals surface area (Å²) < 4.78 is 5.09. The van der Waals surface area contributed by atoms with E-state index in [4.69, 9.17) is 4.74 Å². The van der Waals surface area contributed by atoms with Gasteiger partial charge in [0.2, 0.25) is 5.91 Å². The third-order valence-corrected chi connectivity index (χ3v) is 5.42. The van der Waals surface area contributed by atoms with Gasteiger partial charge in [0.05, 0.1) is 6.61 Å². The van der Waals surface area contributed by atoms with E-state index in [1.807, 2.05) is 6.92 Å². The Morgan fingerprint density at radius 1 is 1.17 bits per heavy atom. The number of nitrogens with one attached hydrogen (secondary N) is 2. The highest BCUT2D eigenvalue weighted by Crippen LogP contribution is 2.22. The molecule has 174 valence electrons. The Morgan fingerprint density at radius 2 is 1.83 bits per heavy atom. The number of carbonyl (C=O) groups is 2. The van der Waals surface area contributed by atoms with Crippen molar-refractivity contribution in [2.75, 3.05) is 46.9 Å². The summed E-state index contributed by atoms with van der Waals surface area (Å²) >= 11 is 0. The summed E-state index contributed by atoms with van der Waals surface area (Å²) in [4.78, 5) is 31.7. The van der Waals surface area contributed by atoms with Gasteiger partial charge >= 0.3 is 6.09 Å². The van der Waals surface area contributed by atoms with Crippen LogP contribution in [0.15, 0.2) is 4.99 Å². The summed E-state index contributed by atoms with van der Waals surface area (Å²) in [5.41, 5.74) is 0.149. The molecule has 0 unspecified atom stereocenters. The molecular weight excluding hydrogens is 382 g/mol. The average Bonchev–Trinajstić information content (AvgIpc) is 2.70. The lowest BCUT2D eigenvalue weighted by Gasteiger charge is -2.33. The van der Waals surface area contributed by atoms with Gasteiger partial charge in [-0.05, 0) is 31.6 Å². The molecule has 1 rings (SSSR count). The van der Waals surface area contributed by atoms with Gasteiger partial charge in [-0.1, -0.05) is 40.0 Å². The molecule has 8 heteroatoms. The van der Waals surface area contributed by atoms with Crippen molar-refractivity contribution in [2.45, 2.75) is 72.3 Å². The van der Waals surface area contributed by atoms with Crippen molar-refractivity contribution in [1.82, 2.24) is 20.4 Å². The second kappa shape index (κ2) is 13.3. The van der Waals surface area contributed by atoms with Crippen molar-refractivity contribution in [3.8, 4) is 0 Å².